The van der Waals surface area contributed by atoms with Crippen LogP contribution >= 0.6 is 38.5 Å². The van der Waals surface area contributed by atoms with Crippen molar-refractivity contribution >= 4 is 50.2 Å². The molecule has 0 fully saturated rings. The van der Waals surface area contributed by atoms with E-state index in [0.717, 1.165) is 19.3 Å². The minimum Gasteiger partial charge on any atom is -0.467 e. The topological polar surface area (TPSA) is 38.3 Å². The molecule has 3 nitrogen and oxygen atoms in total. The molecule has 1 N–H and O–H groups in total. The molecule has 5 heteroatoms. The van der Waals surface area contributed by atoms with Gasteiger partial charge in [-0.15, -0.1) is 0 Å². The quantitative estimate of drug-likeness (QED) is 0.538. The highest BCUT2D eigenvalue weighted by Crippen LogP contribution is 2.29. The number of anilines is 1. The predicted octanol–water partition coefficient (Wildman–Crippen LogP) is 4.55. The van der Waals surface area contributed by atoms with Crippen molar-refractivity contribution in [3.63, 3.8) is 0 Å². The Morgan fingerprint density at radius 1 is 1.24 bits per heavy atom. The third kappa shape index (κ3) is 3.77. The van der Waals surface area contributed by atoms with E-state index in [-0.39, 0.29) is 5.97 Å². The van der Waals surface area contributed by atoms with E-state index in [4.69, 9.17) is 4.74 Å². The van der Waals surface area contributed by atoms with E-state index in [1.165, 1.54) is 7.11 Å². The summed E-state index contributed by atoms with van der Waals surface area (Å²) in [5.41, 5.74) is 0.755. The Bertz CT molecular complexity index is 645. The number of benzene rings is 2. The number of halogens is 2. The number of esters is 1. The van der Waals surface area contributed by atoms with Crippen LogP contribution in [0.25, 0.3) is 0 Å². The highest BCUT2D eigenvalue weighted by atomic mass is 127. The van der Waals surface area contributed by atoms with Gasteiger partial charge < -0.3 is 10.1 Å². The lowest BCUT2D eigenvalue weighted by atomic mass is 9.91. The average Bonchev–Trinajstić information content (AvgIpc) is 2.46. The van der Waals surface area contributed by atoms with Crippen LogP contribution < -0.4 is 5.32 Å². The Morgan fingerprint density at radius 3 is 2.48 bits per heavy atom. The lowest BCUT2D eigenvalue weighted by molar-refractivity contribution is -0.145. The van der Waals surface area contributed by atoms with E-state index in [1.807, 2.05) is 55.5 Å². The molecule has 0 heterocycles. The van der Waals surface area contributed by atoms with Gasteiger partial charge in [-0.05, 0) is 65.4 Å². The first-order chi connectivity index (χ1) is 9.95. The van der Waals surface area contributed by atoms with Crippen molar-refractivity contribution in [3.05, 3.63) is 62.1 Å². The number of hydrogen-bond donors (Lipinski definition) is 1. The van der Waals surface area contributed by atoms with Gasteiger partial charge in [-0.3, -0.25) is 0 Å². The standard InChI is InChI=1S/C16H15BrINO2/c1-16(15(20)21-2,11-6-8-13(18)9-7-11)19-14-5-3-4-12(17)10-14/h3-10,19H,1-2H3. The van der Waals surface area contributed by atoms with Gasteiger partial charge in [-0.2, -0.15) is 0 Å². The van der Waals surface area contributed by atoms with Crippen LogP contribution in [0.2, 0.25) is 0 Å². The van der Waals surface area contributed by atoms with Crippen molar-refractivity contribution in [2.24, 2.45) is 0 Å². The minimum atomic E-state index is -0.945. The second kappa shape index (κ2) is 6.79. The largest absolute Gasteiger partial charge is 0.467 e. The van der Waals surface area contributed by atoms with Gasteiger partial charge in [0.15, 0.2) is 5.54 Å². The highest BCUT2D eigenvalue weighted by molar-refractivity contribution is 14.1. The molecule has 21 heavy (non-hydrogen) atoms. The molecule has 0 saturated heterocycles. The first kappa shape index (κ1) is 16.3. The van der Waals surface area contributed by atoms with Crippen molar-refractivity contribution in [3.8, 4) is 0 Å². The lowest BCUT2D eigenvalue weighted by Gasteiger charge is -2.29. The van der Waals surface area contributed by atoms with E-state index in [2.05, 4.69) is 43.8 Å². The SMILES string of the molecule is COC(=O)C(C)(Nc1cccc(Br)c1)c1ccc(I)cc1. The molecule has 2 rings (SSSR count). The van der Waals surface area contributed by atoms with Gasteiger partial charge in [0.2, 0.25) is 0 Å². The van der Waals surface area contributed by atoms with Gasteiger partial charge in [0.1, 0.15) is 0 Å². The minimum absolute atomic E-state index is 0.330. The van der Waals surface area contributed by atoms with E-state index in [1.54, 1.807) is 0 Å². The Morgan fingerprint density at radius 2 is 1.90 bits per heavy atom. The number of methoxy groups -OCH3 is 1. The number of ether oxygens (including phenoxy) is 1. The first-order valence-corrected chi connectivity index (χ1v) is 8.21. The molecule has 0 aliphatic rings. The molecule has 0 aliphatic carbocycles. The summed E-state index contributed by atoms with van der Waals surface area (Å²) in [6.07, 6.45) is 0. The molecule has 0 radical (unpaired) electrons. The fourth-order valence-electron chi connectivity index (χ4n) is 2.08. The van der Waals surface area contributed by atoms with Gasteiger partial charge in [-0.25, -0.2) is 4.79 Å². The summed E-state index contributed by atoms with van der Waals surface area (Å²) >= 11 is 5.67. The zero-order valence-electron chi connectivity index (χ0n) is 11.7. The first-order valence-electron chi connectivity index (χ1n) is 6.34. The molecule has 110 valence electrons. The predicted molar refractivity (Wildman–Crippen MR) is 96.3 cm³/mol. The van der Waals surface area contributed by atoms with E-state index < -0.39 is 5.54 Å². The molecule has 0 amide bonds. The second-order valence-electron chi connectivity index (χ2n) is 4.76. The average molecular weight is 460 g/mol. The molecule has 1 atom stereocenters. The Kier molecular flexibility index (Phi) is 5.27. The van der Waals surface area contributed by atoms with Crippen LogP contribution in [0, 0.1) is 3.57 Å². The van der Waals surface area contributed by atoms with E-state index in [0.29, 0.717) is 0 Å². The monoisotopic (exact) mass is 459 g/mol. The second-order valence-corrected chi connectivity index (χ2v) is 6.92. The van der Waals surface area contributed by atoms with Crippen molar-refractivity contribution < 1.29 is 9.53 Å². The van der Waals surface area contributed by atoms with Gasteiger partial charge in [0, 0.05) is 13.7 Å². The van der Waals surface area contributed by atoms with Crippen LogP contribution in [-0.2, 0) is 15.1 Å². The summed E-state index contributed by atoms with van der Waals surface area (Å²) in [6, 6.07) is 15.5. The molecular weight excluding hydrogens is 445 g/mol. The Balaban J connectivity index is 2.42. The molecule has 2 aromatic carbocycles. The van der Waals surface area contributed by atoms with Gasteiger partial charge in [0.05, 0.1) is 7.11 Å². The molecule has 0 saturated carbocycles. The van der Waals surface area contributed by atoms with Gasteiger partial charge >= 0.3 is 5.97 Å². The van der Waals surface area contributed by atoms with E-state index in [9.17, 15) is 4.79 Å². The molecular formula is C16H15BrINO2. The highest BCUT2D eigenvalue weighted by Gasteiger charge is 2.36. The summed E-state index contributed by atoms with van der Waals surface area (Å²) < 4.78 is 7.05. The number of carbonyl (C=O) groups excluding carboxylic acids is 1. The zero-order valence-corrected chi connectivity index (χ0v) is 15.4. The van der Waals surface area contributed by atoms with Gasteiger partial charge in [0.25, 0.3) is 0 Å². The third-order valence-electron chi connectivity index (χ3n) is 3.23. The maximum Gasteiger partial charge on any atom is 0.335 e. The van der Waals surface area contributed by atoms with Crippen LogP contribution in [0.1, 0.15) is 12.5 Å². The smallest absolute Gasteiger partial charge is 0.335 e. The maximum atomic E-state index is 12.3. The fourth-order valence-corrected chi connectivity index (χ4v) is 2.84. The van der Waals surface area contributed by atoms with Crippen molar-refractivity contribution in [2.45, 2.75) is 12.5 Å². The number of rotatable bonds is 4. The van der Waals surface area contributed by atoms with Crippen LogP contribution in [0.5, 0.6) is 0 Å². The van der Waals surface area contributed by atoms with Crippen molar-refractivity contribution in [2.75, 3.05) is 12.4 Å². The van der Waals surface area contributed by atoms with Crippen LogP contribution in [-0.4, -0.2) is 13.1 Å². The summed E-state index contributed by atoms with van der Waals surface area (Å²) in [4.78, 5) is 12.3. The van der Waals surface area contributed by atoms with Crippen molar-refractivity contribution in [1.82, 2.24) is 0 Å². The zero-order chi connectivity index (χ0) is 15.5. The summed E-state index contributed by atoms with van der Waals surface area (Å²) in [5.74, 6) is -0.330. The Labute approximate surface area is 146 Å². The van der Waals surface area contributed by atoms with Crippen molar-refractivity contribution in [1.29, 1.82) is 0 Å². The maximum absolute atomic E-state index is 12.3. The Hall–Kier alpha value is -1.08. The molecule has 0 aromatic heterocycles. The van der Waals surface area contributed by atoms with E-state index >= 15 is 0 Å². The van der Waals surface area contributed by atoms with Gasteiger partial charge in [-0.1, -0.05) is 34.1 Å². The summed E-state index contributed by atoms with van der Waals surface area (Å²) in [6.45, 7) is 1.82. The molecule has 0 bridgehead atoms. The number of nitrogens with one attached hydrogen (secondary N) is 1. The van der Waals surface area contributed by atoms with Crippen LogP contribution in [0.15, 0.2) is 53.0 Å². The van der Waals surface area contributed by atoms with Crippen LogP contribution in [0.4, 0.5) is 5.69 Å². The van der Waals surface area contributed by atoms with Crippen LogP contribution in [0.3, 0.4) is 0 Å². The molecule has 1 unspecified atom stereocenters. The molecule has 0 spiro atoms. The normalized spacial score (nSPS) is 13.3. The summed E-state index contributed by atoms with van der Waals surface area (Å²) in [5, 5.41) is 3.28. The lowest BCUT2D eigenvalue weighted by Crippen LogP contribution is -2.41. The third-order valence-corrected chi connectivity index (χ3v) is 4.45. The summed E-state index contributed by atoms with van der Waals surface area (Å²) in [7, 11) is 1.40. The molecule has 2 aromatic rings. The fraction of sp³-hybridized carbons (Fsp3) is 0.188. The number of carbonyl (C=O) groups is 1. The number of hydrogen-bond acceptors (Lipinski definition) is 3. The molecule has 0 aliphatic heterocycles.